The molecule has 0 fully saturated rings. The van der Waals surface area contributed by atoms with Gasteiger partial charge in [0.1, 0.15) is 11.1 Å². The fraction of sp³-hybridized carbons (Fsp3) is 0.318. The molecule has 6 N–H and O–H groups in total. The van der Waals surface area contributed by atoms with E-state index < -0.39 is 46.5 Å². The maximum Gasteiger partial charge on any atom is 0.350 e. The van der Waals surface area contributed by atoms with Gasteiger partial charge in [-0.15, -0.1) is 23.1 Å². The Morgan fingerprint density at radius 3 is 2.55 bits per heavy atom. The Morgan fingerprint density at radius 1 is 1.32 bits per heavy atom. The monoisotopic (exact) mass is 564 g/mol. The Hall–Kier alpha value is -4.18. The molecule has 0 saturated carbocycles. The maximum atomic E-state index is 13.1. The Labute approximate surface area is 224 Å². The highest BCUT2D eigenvalue weighted by Gasteiger charge is 2.37. The summed E-state index contributed by atoms with van der Waals surface area (Å²) in [5, 5.41) is 39.9. The van der Waals surface area contributed by atoms with E-state index in [-0.39, 0.29) is 28.8 Å². The number of carboxylic acid groups (broad SMARTS) is 3. The Bertz CT molecular complexity index is 1290. The Balaban J connectivity index is 1.86. The minimum atomic E-state index is -1.82. The van der Waals surface area contributed by atoms with Crippen LogP contribution >= 0.6 is 23.1 Å². The zero-order valence-electron chi connectivity index (χ0n) is 20.1. The molecule has 3 heterocycles. The van der Waals surface area contributed by atoms with Crippen LogP contribution in [0.1, 0.15) is 19.5 Å². The molecule has 38 heavy (non-hydrogen) atoms. The number of nitrogens with zero attached hydrogens (tertiary/aromatic N) is 3. The van der Waals surface area contributed by atoms with Gasteiger partial charge in [-0.2, -0.15) is 0 Å². The largest absolute Gasteiger partial charge is 0.543 e. The summed E-state index contributed by atoms with van der Waals surface area (Å²) in [6.07, 6.45) is 3.49. The van der Waals surface area contributed by atoms with Crippen LogP contribution in [-0.4, -0.2) is 67.5 Å². The van der Waals surface area contributed by atoms with Crippen molar-refractivity contribution in [3.05, 3.63) is 52.9 Å². The number of nitrogen functional groups attached to an aromatic ring is 1. The van der Waals surface area contributed by atoms with E-state index in [1.807, 2.05) is 0 Å². The summed E-state index contributed by atoms with van der Waals surface area (Å²) in [5.74, 6) is -5.28. The number of carboxylic acids is 3. The van der Waals surface area contributed by atoms with Crippen LogP contribution in [0, 0.1) is 0 Å². The number of hydrogen-bond donors (Lipinski definition) is 5. The van der Waals surface area contributed by atoms with E-state index in [0.29, 0.717) is 5.57 Å². The highest BCUT2D eigenvalue weighted by Crippen LogP contribution is 2.25. The van der Waals surface area contributed by atoms with Crippen molar-refractivity contribution in [1.82, 2.24) is 15.6 Å². The van der Waals surface area contributed by atoms with Crippen molar-refractivity contribution in [3.63, 3.8) is 0 Å². The Morgan fingerprint density at radius 2 is 2.00 bits per heavy atom. The van der Waals surface area contributed by atoms with Gasteiger partial charge in [0.15, 0.2) is 35.8 Å². The number of oxime groups is 1. The van der Waals surface area contributed by atoms with E-state index in [0.717, 1.165) is 23.1 Å². The molecule has 2 atom stereocenters. The summed E-state index contributed by atoms with van der Waals surface area (Å²) >= 11 is 2.04. The SMILES string of the molecule is CC(C)(O/N=C(\C(=O)N[C@H](C(=O)O)[C@@H]1NC(C(=O)[O-])=C(C[n+]2ccccc2)CS1)c1csc(N)n1)C(=O)O. The van der Waals surface area contributed by atoms with Crippen molar-refractivity contribution in [2.45, 2.75) is 37.4 Å². The number of thiazole rings is 1. The van der Waals surface area contributed by atoms with E-state index in [4.69, 9.17) is 10.6 Å². The van der Waals surface area contributed by atoms with Crippen LogP contribution in [0.5, 0.6) is 0 Å². The molecule has 2 aromatic rings. The van der Waals surface area contributed by atoms with E-state index in [9.17, 15) is 34.5 Å². The van der Waals surface area contributed by atoms with Crippen LogP contribution in [0.15, 0.2) is 52.4 Å². The van der Waals surface area contributed by atoms with Crippen molar-refractivity contribution in [3.8, 4) is 0 Å². The Kier molecular flexibility index (Phi) is 8.90. The maximum absolute atomic E-state index is 13.1. The molecule has 1 aliphatic heterocycles. The smallest absolute Gasteiger partial charge is 0.350 e. The van der Waals surface area contributed by atoms with Gasteiger partial charge >= 0.3 is 11.9 Å². The number of nitrogens with two attached hydrogens (primary N) is 1. The van der Waals surface area contributed by atoms with Crippen molar-refractivity contribution < 1.29 is 43.9 Å². The molecular formula is C22H24N6O8S2. The number of aliphatic carboxylic acids is 3. The lowest BCUT2D eigenvalue weighted by Gasteiger charge is -2.32. The lowest BCUT2D eigenvalue weighted by atomic mass is 10.1. The predicted octanol–water partition coefficient (Wildman–Crippen LogP) is -1.47. The van der Waals surface area contributed by atoms with Crippen molar-refractivity contribution >= 4 is 57.8 Å². The number of aromatic nitrogens is 2. The van der Waals surface area contributed by atoms with Crippen LogP contribution < -0.4 is 26.0 Å². The van der Waals surface area contributed by atoms with Gasteiger partial charge in [-0.05, 0) is 13.8 Å². The summed E-state index contributed by atoms with van der Waals surface area (Å²) in [5.41, 5.74) is 3.41. The first-order chi connectivity index (χ1) is 17.9. The van der Waals surface area contributed by atoms with Crippen LogP contribution in [-0.2, 0) is 30.6 Å². The average Bonchev–Trinajstić information content (AvgIpc) is 3.29. The molecule has 0 unspecified atom stereocenters. The fourth-order valence-corrected chi connectivity index (χ4v) is 4.83. The molecule has 0 spiro atoms. The van der Waals surface area contributed by atoms with Crippen LogP contribution in [0.3, 0.4) is 0 Å². The first-order valence-electron chi connectivity index (χ1n) is 10.9. The van der Waals surface area contributed by atoms with E-state index in [2.05, 4.69) is 20.8 Å². The number of anilines is 1. The lowest BCUT2D eigenvalue weighted by molar-refractivity contribution is -0.689. The van der Waals surface area contributed by atoms with Gasteiger partial charge in [0.2, 0.25) is 5.60 Å². The molecule has 202 valence electrons. The quantitative estimate of drug-likeness (QED) is 0.120. The van der Waals surface area contributed by atoms with Gasteiger partial charge in [0, 0.05) is 28.8 Å². The molecule has 1 amide bonds. The summed E-state index contributed by atoms with van der Waals surface area (Å²) in [6.45, 7) is 2.62. The zero-order valence-corrected chi connectivity index (χ0v) is 21.7. The van der Waals surface area contributed by atoms with Crippen molar-refractivity contribution in [1.29, 1.82) is 0 Å². The van der Waals surface area contributed by atoms with Crippen LogP contribution in [0.25, 0.3) is 0 Å². The second-order valence-electron chi connectivity index (χ2n) is 8.40. The normalized spacial score (nSPS) is 16.8. The molecule has 0 radical (unpaired) electrons. The van der Waals surface area contributed by atoms with E-state index in [1.165, 1.54) is 19.2 Å². The lowest BCUT2D eigenvalue weighted by Crippen LogP contribution is -2.57. The van der Waals surface area contributed by atoms with Gasteiger partial charge in [-0.1, -0.05) is 11.2 Å². The number of amides is 1. The minimum Gasteiger partial charge on any atom is -0.543 e. The second kappa shape index (κ2) is 11.9. The average molecular weight is 565 g/mol. The van der Waals surface area contributed by atoms with Gasteiger partial charge in [0.05, 0.1) is 11.7 Å². The first-order valence-corrected chi connectivity index (χ1v) is 12.8. The number of nitrogens with one attached hydrogen (secondary N) is 2. The molecule has 0 saturated heterocycles. The molecule has 16 heteroatoms. The van der Waals surface area contributed by atoms with E-state index in [1.54, 1.807) is 35.2 Å². The summed E-state index contributed by atoms with van der Waals surface area (Å²) < 4.78 is 1.75. The third-order valence-corrected chi connectivity index (χ3v) is 7.09. The number of rotatable bonds is 11. The molecule has 0 bridgehead atoms. The molecular weight excluding hydrogens is 540 g/mol. The van der Waals surface area contributed by atoms with E-state index >= 15 is 0 Å². The van der Waals surface area contributed by atoms with Gasteiger partial charge in [-0.25, -0.2) is 19.1 Å². The summed E-state index contributed by atoms with van der Waals surface area (Å²) in [6, 6.07) is 3.72. The highest BCUT2D eigenvalue weighted by molar-refractivity contribution is 8.00. The minimum absolute atomic E-state index is 0.0722. The molecule has 3 rings (SSSR count). The third kappa shape index (κ3) is 6.98. The number of carbonyl (C=O) groups excluding carboxylic acids is 2. The standard InChI is InChI=1S/C22H24N6O8S2/c1-22(2,20(34)35)36-27-14(12-10-38-21(23)24-12)16(29)25-15(19(32)33)17-26-13(18(30)31)11(9-37-17)8-28-6-4-3-5-7-28/h3-7,10,15,17,26H,8-9H2,1-2H3,(H5-,23,24,25,29,30,31,32,33,34,35)/b27-14-/t15-,17+/m0/s1. The predicted molar refractivity (Wildman–Crippen MR) is 133 cm³/mol. The number of carbonyl (C=O) groups is 4. The highest BCUT2D eigenvalue weighted by atomic mass is 32.2. The number of thioether (sulfide) groups is 1. The summed E-state index contributed by atoms with van der Waals surface area (Å²) in [7, 11) is 0. The fourth-order valence-electron chi connectivity index (χ4n) is 3.09. The second-order valence-corrected chi connectivity index (χ2v) is 10.4. The summed E-state index contributed by atoms with van der Waals surface area (Å²) in [4.78, 5) is 57.4. The van der Waals surface area contributed by atoms with Crippen LogP contribution in [0.4, 0.5) is 5.13 Å². The molecule has 0 aliphatic carbocycles. The van der Waals surface area contributed by atoms with Crippen molar-refractivity contribution in [2.75, 3.05) is 11.5 Å². The molecule has 0 aromatic carbocycles. The topological polar surface area (TPSA) is 220 Å². The van der Waals surface area contributed by atoms with Gasteiger partial charge in [-0.3, -0.25) is 4.79 Å². The number of pyridine rings is 1. The van der Waals surface area contributed by atoms with Gasteiger partial charge < -0.3 is 41.3 Å². The molecule has 1 aliphatic rings. The first kappa shape index (κ1) is 28.4. The molecule has 2 aromatic heterocycles. The zero-order chi connectivity index (χ0) is 28.0. The number of hydrogen-bond acceptors (Lipinski definition) is 12. The van der Waals surface area contributed by atoms with Gasteiger partial charge in [0.25, 0.3) is 5.91 Å². The van der Waals surface area contributed by atoms with Crippen LogP contribution in [0.2, 0.25) is 0 Å². The van der Waals surface area contributed by atoms with Crippen molar-refractivity contribution in [2.24, 2.45) is 5.16 Å². The molecule has 14 nitrogen and oxygen atoms in total. The third-order valence-electron chi connectivity index (χ3n) is 5.15.